The molecule has 0 atom stereocenters. The molecule has 86 valence electrons. The third kappa shape index (κ3) is 3.74. The molecule has 2 rings (SSSR count). The molecule has 1 aliphatic heterocycles. The highest BCUT2D eigenvalue weighted by Gasteiger charge is 2.19. The largest absolute Gasteiger partial charge is 0.393 e. The van der Waals surface area contributed by atoms with Gasteiger partial charge >= 0.3 is 11.9 Å². The molecule has 9 nitrogen and oxygen atoms in total. The van der Waals surface area contributed by atoms with Gasteiger partial charge in [0.1, 0.15) is 0 Å². The average Bonchev–Trinajstić information content (AvgIpc) is 2.48. The highest BCUT2D eigenvalue weighted by Crippen LogP contribution is 2.03. The lowest BCUT2D eigenvalue weighted by atomic mass is 10.4. The molecule has 1 fully saturated rings. The zero-order valence-corrected chi connectivity index (χ0v) is 8.21. The summed E-state index contributed by atoms with van der Waals surface area (Å²) in [4.78, 5) is 30.5. The lowest BCUT2D eigenvalue weighted by Crippen LogP contribution is -2.05. The maximum Gasteiger partial charge on any atom is 0.314 e. The molecule has 9 heteroatoms. The fourth-order valence-electron chi connectivity index (χ4n) is 0.860. The van der Waals surface area contributed by atoms with Gasteiger partial charge in [0.25, 0.3) is 0 Å². The second kappa shape index (κ2) is 4.87. The third-order valence-corrected chi connectivity index (χ3v) is 1.45. The van der Waals surface area contributed by atoms with Crippen LogP contribution in [0.2, 0.25) is 0 Å². The first-order chi connectivity index (χ1) is 7.47. The van der Waals surface area contributed by atoms with Crippen molar-refractivity contribution >= 4 is 29.8 Å². The number of carbonyl (C=O) groups excluding carboxylic acids is 2. The summed E-state index contributed by atoms with van der Waals surface area (Å²) in [7, 11) is 0. The number of nitrogen functional groups attached to an aromatic ring is 3. The van der Waals surface area contributed by atoms with E-state index in [0.29, 0.717) is 0 Å². The molecule has 1 aromatic rings. The molecule has 1 aromatic heterocycles. The van der Waals surface area contributed by atoms with Gasteiger partial charge in [0.2, 0.25) is 17.8 Å². The number of cyclic esters (lactones) is 2. The average molecular weight is 226 g/mol. The second-order valence-corrected chi connectivity index (χ2v) is 2.76. The minimum atomic E-state index is -0.398. The molecule has 6 N–H and O–H groups in total. The van der Waals surface area contributed by atoms with Gasteiger partial charge in [-0.15, -0.1) is 0 Å². The Morgan fingerprint density at radius 2 is 1.12 bits per heavy atom. The first-order valence-corrected chi connectivity index (χ1v) is 4.23. The number of hydrogen-bond donors (Lipinski definition) is 3. The maximum atomic E-state index is 10.0. The lowest BCUT2D eigenvalue weighted by Gasteiger charge is -1.93. The molecule has 0 saturated carbocycles. The van der Waals surface area contributed by atoms with E-state index >= 15 is 0 Å². The molecule has 0 aromatic carbocycles. The number of anilines is 3. The molecule has 0 bridgehead atoms. The van der Waals surface area contributed by atoms with E-state index in [0.717, 1.165) is 0 Å². The molecular formula is C7H10N6O3. The highest BCUT2D eigenvalue weighted by molar-refractivity contribution is 5.92. The van der Waals surface area contributed by atoms with Gasteiger partial charge in [0.15, 0.2) is 0 Å². The Balaban J connectivity index is 0.000000165. The summed E-state index contributed by atoms with van der Waals surface area (Å²) in [6.07, 6.45) is 0.525. The van der Waals surface area contributed by atoms with E-state index < -0.39 is 11.9 Å². The Morgan fingerprint density at radius 3 is 1.31 bits per heavy atom. The quantitative estimate of drug-likeness (QED) is 0.352. The van der Waals surface area contributed by atoms with Crippen LogP contribution in [-0.2, 0) is 14.3 Å². The standard InChI is InChI=1S/C4H4O3.C3H6N6/c5-3-1-2-4(6)7-3;4-1-7-2(5)9-3(6)8-1/h1-2H2;(H6,4,5,6,7,8,9). The van der Waals surface area contributed by atoms with Gasteiger partial charge in [-0.25, -0.2) is 0 Å². The van der Waals surface area contributed by atoms with E-state index in [9.17, 15) is 9.59 Å². The zero-order valence-electron chi connectivity index (χ0n) is 8.21. The van der Waals surface area contributed by atoms with Crippen LogP contribution in [0.15, 0.2) is 0 Å². The van der Waals surface area contributed by atoms with Gasteiger partial charge in [0, 0.05) is 0 Å². The van der Waals surface area contributed by atoms with Crippen molar-refractivity contribution in [1.29, 1.82) is 0 Å². The predicted octanol–water partition coefficient (Wildman–Crippen LogP) is -1.53. The molecule has 1 saturated heterocycles. The van der Waals surface area contributed by atoms with E-state index in [1.165, 1.54) is 0 Å². The topological polar surface area (TPSA) is 160 Å². The number of rotatable bonds is 0. The summed E-state index contributed by atoms with van der Waals surface area (Å²) < 4.78 is 4.08. The van der Waals surface area contributed by atoms with Crippen molar-refractivity contribution < 1.29 is 14.3 Å². The van der Waals surface area contributed by atoms with E-state index in [-0.39, 0.29) is 30.7 Å². The van der Waals surface area contributed by atoms with Crippen LogP contribution in [0.3, 0.4) is 0 Å². The Morgan fingerprint density at radius 1 is 0.812 bits per heavy atom. The summed E-state index contributed by atoms with van der Waals surface area (Å²) in [5, 5.41) is 0. The highest BCUT2D eigenvalue weighted by atomic mass is 16.6. The molecule has 0 amide bonds. The van der Waals surface area contributed by atoms with Crippen LogP contribution >= 0.6 is 0 Å². The molecule has 2 heterocycles. The van der Waals surface area contributed by atoms with Crippen molar-refractivity contribution in [3.8, 4) is 0 Å². The van der Waals surface area contributed by atoms with Crippen molar-refractivity contribution in [1.82, 2.24) is 15.0 Å². The van der Waals surface area contributed by atoms with Crippen molar-refractivity contribution in [3.63, 3.8) is 0 Å². The van der Waals surface area contributed by atoms with Crippen molar-refractivity contribution in [2.45, 2.75) is 12.8 Å². The summed E-state index contributed by atoms with van der Waals surface area (Å²) in [6, 6.07) is 0. The Bertz CT molecular complexity index is 356. The van der Waals surface area contributed by atoms with Gasteiger partial charge in [0.05, 0.1) is 12.8 Å². The normalized spacial score (nSPS) is 14.0. The van der Waals surface area contributed by atoms with E-state index in [2.05, 4.69) is 19.7 Å². The van der Waals surface area contributed by atoms with Gasteiger partial charge in [-0.3, -0.25) is 9.59 Å². The summed E-state index contributed by atoms with van der Waals surface area (Å²) in [5.41, 5.74) is 15.4. The maximum absolute atomic E-state index is 10.0. The van der Waals surface area contributed by atoms with Crippen LogP contribution in [-0.4, -0.2) is 26.9 Å². The van der Waals surface area contributed by atoms with E-state index in [1.807, 2.05) is 0 Å². The molecule has 0 aliphatic carbocycles. The fourth-order valence-corrected chi connectivity index (χ4v) is 0.860. The number of nitrogens with zero attached hydrogens (tertiary/aromatic N) is 3. The number of carbonyl (C=O) groups is 2. The second-order valence-electron chi connectivity index (χ2n) is 2.76. The first kappa shape index (κ1) is 11.6. The van der Waals surface area contributed by atoms with Gasteiger partial charge < -0.3 is 21.9 Å². The van der Waals surface area contributed by atoms with Gasteiger partial charge in [-0.2, -0.15) is 15.0 Å². The predicted molar refractivity (Wildman–Crippen MR) is 53.4 cm³/mol. The first-order valence-electron chi connectivity index (χ1n) is 4.23. The smallest absolute Gasteiger partial charge is 0.314 e. The number of ether oxygens (including phenoxy) is 1. The zero-order chi connectivity index (χ0) is 12.1. The molecule has 1 aliphatic rings. The number of esters is 2. The molecule has 16 heavy (non-hydrogen) atoms. The van der Waals surface area contributed by atoms with Crippen molar-refractivity contribution in [2.24, 2.45) is 0 Å². The third-order valence-electron chi connectivity index (χ3n) is 1.45. The Labute approximate surface area is 90.0 Å². The molecular weight excluding hydrogens is 216 g/mol. The Kier molecular flexibility index (Phi) is 3.53. The molecule has 0 radical (unpaired) electrons. The van der Waals surface area contributed by atoms with Gasteiger partial charge in [-0.1, -0.05) is 0 Å². The van der Waals surface area contributed by atoms with E-state index in [4.69, 9.17) is 17.2 Å². The number of aromatic nitrogens is 3. The van der Waals surface area contributed by atoms with Crippen LogP contribution in [0.5, 0.6) is 0 Å². The molecule has 0 spiro atoms. The Hall–Kier alpha value is -2.45. The monoisotopic (exact) mass is 226 g/mol. The van der Waals surface area contributed by atoms with Crippen molar-refractivity contribution in [2.75, 3.05) is 17.2 Å². The van der Waals surface area contributed by atoms with Gasteiger partial charge in [-0.05, 0) is 0 Å². The van der Waals surface area contributed by atoms with Crippen LogP contribution < -0.4 is 17.2 Å². The number of nitrogens with two attached hydrogens (primary N) is 3. The summed E-state index contributed by atoms with van der Waals surface area (Å²) in [6.45, 7) is 0. The lowest BCUT2D eigenvalue weighted by molar-refractivity contribution is -0.151. The van der Waals surface area contributed by atoms with Crippen LogP contribution in [0.4, 0.5) is 17.8 Å². The van der Waals surface area contributed by atoms with Crippen LogP contribution in [0.1, 0.15) is 12.8 Å². The molecule has 0 unspecified atom stereocenters. The fraction of sp³-hybridized carbons (Fsp3) is 0.286. The minimum Gasteiger partial charge on any atom is -0.393 e. The minimum absolute atomic E-state index is 0.0417. The summed E-state index contributed by atoms with van der Waals surface area (Å²) >= 11 is 0. The van der Waals surface area contributed by atoms with Crippen LogP contribution in [0.25, 0.3) is 0 Å². The summed E-state index contributed by atoms with van der Waals surface area (Å²) in [5.74, 6) is -0.671. The van der Waals surface area contributed by atoms with E-state index in [1.54, 1.807) is 0 Å². The van der Waals surface area contributed by atoms with Crippen molar-refractivity contribution in [3.05, 3.63) is 0 Å². The number of hydrogen-bond acceptors (Lipinski definition) is 9. The SMILES string of the molecule is Nc1nc(N)nc(N)n1.O=C1CCC(=O)O1. The van der Waals surface area contributed by atoms with Crippen LogP contribution in [0, 0.1) is 0 Å².